The quantitative estimate of drug-likeness (QED) is 0.790. The summed E-state index contributed by atoms with van der Waals surface area (Å²) in [5, 5.41) is 6.26. The zero-order chi connectivity index (χ0) is 10.7. The molecular weight excluding hydrogens is 188 g/mol. The van der Waals surface area contributed by atoms with E-state index >= 15 is 0 Å². The molecule has 0 radical (unpaired) electrons. The third-order valence-corrected chi connectivity index (χ3v) is 2.60. The summed E-state index contributed by atoms with van der Waals surface area (Å²) in [5.74, 6) is 0. The van der Waals surface area contributed by atoms with Crippen molar-refractivity contribution >= 4 is 0 Å². The van der Waals surface area contributed by atoms with Crippen LogP contribution in [-0.4, -0.2) is 21.8 Å². The SMILES string of the molecule is C[NH2+][C@@H](C)c1ccc(-n2cncn2)cc1. The molecule has 4 heteroatoms. The minimum atomic E-state index is 0.495. The Kier molecular flexibility index (Phi) is 2.78. The standard InChI is InChI=1S/C11H14N4/c1-9(12-2)10-3-5-11(6-4-10)15-8-13-7-14-15/h3-9,12H,1-2H3/p+1/t9-/m0/s1. The van der Waals surface area contributed by atoms with Crippen molar-refractivity contribution in [2.24, 2.45) is 0 Å². The number of hydrogen-bond donors (Lipinski definition) is 1. The number of aromatic nitrogens is 3. The molecule has 1 aromatic carbocycles. The predicted molar refractivity (Wildman–Crippen MR) is 57.6 cm³/mol. The molecule has 0 bridgehead atoms. The van der Waals surface area contributed by atoms with Crippen LogP contribution >= 0.6 is 0 Å². The lowest BCUT2D eigenvalue weighted by molar-refractivity contribution is -0.666. The monoisotopic (exact) mass is 203 g/mol. The van der Waals surface area contributed by atoms with Crippen LogP contribution in [0.3, 0.4) is 0 Å². The topological polar surface area (TPSA) is 47.3 Å². The van der Waals surface area contributed by atoms with E-state index in [0.717, 1.165) is 5.69 Å². The second-order valence-electron chi connectivity index (χ2n) is 3.55. The number of nitrogens with two attached hydrogens (primary N) is 1. The van der Waals surface area contributed by atoms with E-state index in [2.05, 4.69) is 53.6 Å². The average molecular weight is 203 g/mol. The van der Waals surface area contributed by atoms with E-state index in [-0.39, 0.29) is 0 Å². The van der Waals surface area contributed by atoms with Gasteiger partial charge in [-0.2, -0.15) is 5.10 Å². The van der Waals surface area contributed by atoms with Crippen molar-refractivity contribution in [1.29, 1.82) is 0 Å². The van der Waals surface area contributed by atoms with E-state index < -0.39 is 0 Å². The van der Waals surface area contributed by atoms with Crippen LogP contribution in [0.4, 0.5) is 0 Å². The Hall–Kier alpha value is -1.68. The zero-order valence-corrected chi connectivity index (χ0v) is 8.96. The lowest BCUT2D eigenvalue weighted by Crippen LogP contribution is -2.80. The molecule has 0 aliphatic carbocycles. The summed E-state index contributed by atoms with van der Waals surface area (Å²) in [7, 11) is 2.08. The fraction of sp³-hybridized carbons (Fsp3) is 0.273. The maximum absolute atomic E-state index is 4.08. The predicted octanol–water partition coefficient (Wildman–Crippen LogP) is 0.521. The van der Waals surface area contributed by atoms with Gasteiger partial charge in [0.2, 0.25) is 0 Å². The fourth-order valence-electron chi connectivity index (χ4n) is 1.46. The van der Waals surface area contributed by atoms with Crippen molar-refractivity contribution in [2.75, 3.05) is 7.05 Å². The number of nitrogens with zero attached hydrogens (tertiary/aromatic N) is 3. The third-order valence-electron chi connectivity index (χ3n) is 2.60. The molecule has 0 spiro atoms. The maximum Gasteiger partial charge on any atom is 0.138 e. The Morgan fingerprint density at radius 2 is 2.00 bits per heavy atom. The first-order valence-corrected chi connectivity index (χ1v) is 5.05. The highest BCUT2D eigenvalue weighted by molar-refractivity contribution is 5.33. The molecule has 2 rings (SSSR count). The van der Waals surface area contributed by atoms with Gasteiger partial charge in [0.25, 0.3) is 0 Å². The van der Waals surface area contributed by atoms with Crippen molar-refractivity contribution in [3.63, 3.8) is 0 Å². The van der Waals surface area contributed by atoms with Crippen LogP contribution in [0.15, 0.2) is 36.9 Å². The van der Waals surface area contributed by atoms with Crippen LogP contribution in [0, 0.1) is 0 Å². The van der Waals surface area contributed by atoms with Crippen molar-refractivity contribution in [1.82, 2.24) is 14.8 Å². The molecule has 1 heterocycles. The minimum absolute atomic E-state index is 0.495. The number of hydrogen-bond acceptors (Lipinski definition) is 2. The molecule has 4 nitrogen and oxygen atoms in total. The molecule has 0 fully saturated rings. The van der Waals surface area contributed by atoms with E-state index in [1.54, 1.807) is 11.0 Å². The normalized spacial score (nSPS) is 12.7. The van der Waals surface area contributed by atoms with Crippen LogP contribution in [0.25, 0.3) is 5.69 Å². The second kappa shape index (κ2) is 4.23. The van der Waals surface area contributed by atoms with Crippen LogP contribution < -0.4 is 5.32 Å². The van der Waals surface area contributed by atoms with E-state index in [9.17, 15) is 0 Å². The second-order valence-corrected chi connectivity index (χ2v) is 3.55. The van der Waals surface area contributed by atoms with Gasteiger partial charge in [-0.25, -0.2) is 9.67 Å². The Morgan fingerprint density at radius 1 is 1.27 bits per heavy atom. The lowest BCUT2D eigenvalue weighted by atomic mass is 10.1. The van der Waals surface area contributed by atoms with Gasteiger partial charge in [0, 0.05) is 5.56 Å². The smallest absolute Gasteiger partial charge is 0.138 e. The Bertz CT molecular complexity index is 405. The van der Waals surface area contributed by atoms with E-state index in [0.29, 0.717) is 6.04 Å². The van der Waals surface area contributed by atoms with Crippen LogP contribution in [0.5, 0.6) is 0 Å². The van der Waals surface area contributed by atoms with Crippen molar-refractivity contribution in [3.05, 3.63) is 42.5 Å². The lowest BCUT2D eigenvalue weighted by Gasteiger charge is -2.08. The van der Waals surface area contributed by atoms with Gasteiger partial charge >= 0.3 is 0 Å². The van der Waals surface area contributed by atoms with Gasteiger partial charge < -0.3 is 5.32 Å². The Balaban J connectivity index is 2.25. The Morgan fingerprint density at radius 3 is 2.53 bits per heavy atom. The molecule has 0 amide bonds. The van der Waals surface area contributed by atoms with Crippen LogP contribution in [0.2, 0.25) is 0 Å². The molecule has 2 N–H and O–H groups in total. The van der Waals surface area contributed by atoms with Gasteiger partial charge in [-0.15, -0.1) is 0 Å². The van der Waals surface area contributed by atoms with Crippen LogP contribution in [-0.2, 0) is 0 Å². The molecule has 2 aromatic rings. The summed E-state index contributed by atoms with van der Waals surface area (Å²) < 4.78 is 1.75. The molecule has 0 saturated carbocycles. The van der Waals surface area contributed by atoms with E-state index in [4.69, 9.17) is 0 Å². The first-order valence-electron chi connectivity index (χ1n) is 5.05. The largest absolute Gasteiger partial charge is 0.343 e. The van der Waals surface area contributed by atoms with Gasteiger partial charge in [0.15, 0.2) is 0 Å². The summed E-state index contributed by atoms with van der Waals surface area (Å²) in [6, 6.07) is 8.87. The van der Waals surface area contributed by atoms with Gasteiger partial charge in [0.1, 0.15) is 18.7 Å². The van der Waals surface area contributed by atoms with Gasteiger partial charge in [-0.3, -0.25) is 0 Å². The van der Waals surface area contributed by atoms with Crippen molar-refractivity contribution in [2.45, 2.75) is 13.0 Å². The Labute approximate surface area is 89.0 Å². The highest BCUT2D eigenvalue weighted by atomic mass is 15.3. The third kappa shape index (κ3) is 2.05. The molecule has 1 aromatic heterocycles. The van der Waals surface area contributed by atoms with Gasteiger partial charge in [-0.1, -0.05) is 12.1 Å². The summed E-state index contributed by atoms with van der Waals surface area (Å²) in [4.78, 5) is 3.92. The van der Waals surface area contributed by atoms with Crippen molar-refractivity contribution in [3.8, 4) is 5.69 Å². The van der Waals surface area contributed by atoms with Crippen molar-refractivity contribution < 1.29 is 5.32 Å². The summed E-state index contributed by atoms with van der Waals surface area (Å²) in [6.07, 6.45) is 3.24. The molecule has 78 valence electrons. The molecule has 1 atom stereocenters. The van der Waals surface area contributed by atoms with E-state index in [1.807, 2.05) is 0 Å². The minimum Gasteiger partial charge on any atom is -0.343 e. The summed E-state index contributed by atoms with van der Waals surface area (Å²) >= 11 is 0. The van der Waals surface area contributed by atoms with E-state index in [1.165, 1.54) is 11.9 Å². The highest BCUT2D eigenvalue weighted by Gasteiger charge is 2.05. The molecule has 0 unspecified atom stereocenters. The number of quaternary nitrogens is 1. The average Bonchev–Trinajstić information content (AvgIpc) is 2.82. The zero-order valence-electron chi connectivity index (χ0n) is 8.96. The molecule has 0 aliphatic rings. The van der Waals surface area contributed by atoms with Gasteiger partial charge in [0.05, 0.1) is 12.7 Å². The molecule has 0 aliphatic heterocycles. The first-order chi connectivity index (χ1) is 7.31. The summed E-state index contributed by atoms with van der Waals surface area (Å²) in [6.45, 7) is 2.18. The molecule has 15 heavy (non-hydrogen) atoms. The number of rotatable bonds is 3. The molecule has 0 saturated heterocycles. The van der Waals surface area contributed by atoms with Crippen LogP contribution in [0.1, 0.15) is 18.5 Å². The maximum atomic E-state index is 4.08. The number of benzene rings is 1. The highest BCUT2D eigenvalue weighted by Crippen LogP contribution is 2.11. The first kappa shape index (κ1) is 9.86. The van der Waals surface area contributed by atoms with Gasteiger partial charge in [-0.05, 0) is 19.1 Å². The summed E-state index contributed by atoms with van der Waals surface area (Å²) in [5.41, 5.74) is 2.36. The molecular formula is C11H15N4+. The fourth-order valence-corrected chi connectivity index (χ4v) is 1.46.